The highest BCUT2D eigenvalue weighted by molar-refractivity contribution is 6.31. The molecule has 0 spiro atoms. The topological polar surface area (TPSA) is 51.8 Å². The number of aromatic nitrogens is 3. The minimum atomic E-state index is 0.0594. The molecule has 5 aromatic rings. The standard InChI is InChI=1S/C19H9Cl2N3O/c20-18-22-17(23-19(21)24-18)13-9-10-5-1-2-6-11(10)16-15(13)12-7-3-4-8-14(12)25-16/h1-9H. The zero-order chi connectivity index (χ0) is 17.0. The van der Waals surface area contributed by atoms with Crippen molar-refractivity contribution in [2.75, 3.05) is 0 Å². The van der Waals surface area contributed by atoms with Crippen molar-refractivity contribution in [3.63, 3.8) is 0 Å². The fourth-order valence-corrected chi connectivity index (χ4v) is 3.55. The molecule has 0 saturated carbocycles. The summed E-state index contributed by atoms with van der Waals surface area (Å²) < 4.78 is 6.15. The van der Waals surface area contributed by atoms with E-state index in [0.29, 0.717) is 5.82 Å². The lowest BCUT2D eigenvalue weighted by Crippen LogP contribution is -1.94. The third-order valence-electron chi connectivity index (χ3n) is 4.19. The Morgan fingerprint density at radius 3 is 2.24 bits per heavy atom. The summed E-state index contributed by atoms with van der Waals surface area (Å²) >= 11 is 12.0. The number of nitrogens with zero attached hydrogens (tertiary/aromatic N) is 3. The maximum absolute atomic E-state index is 6.15. The summed E-state index contributed by atoms with van der Waals surface area (Å²) in [4.78, 5) is 12.4. The van der Waals surface area contributed by atoms with E-state index in [-0.39, 0.29) is 10.6 Å². The molecule has 0 aliphatic rings. The molecule has 3 aromatic carbocycles. The van der Waals surface area contributed by atoms with Gasteiger partial charge in [0.05, 0.1) is 0 Å². The van der Waals surface area contributed by atoms with Gasteiger partial charge in [0.15, 0.2) is 5.82 Å². The number of hydrogen-bond acceptors (Lipinski definition) is 4. The Balaban J connectivity index is 2.03. The SMILES string of the molecule is Clc1nc(Cl)nc(-c2cc3ccccc3c3oc4ccccc4c23)n1. The van der Waals surface area contributed by atoms with E-state index in [1.165, 1.54) is 0 Å². The second-order valence-corrected chi connectivity index (χ2v) is 6.32. The molecule has 25 heavy (non-hydrogen) atoms. The summed E-state index contributed by atoms with van der Waals surface area (Å²) in [5, 5.41) is 4.10. The molecular formula is C19H9Cl2N3O. The van der Waals surface area contributed by atoms with Crippen LogP contribution in [0.2, 0.25) is 10.6 Å². The zero-order valence-electron chi connectivity index (χ0n) is 12.7. The second kappa shape index (κ2) is 5.41. The number of fused-ring (bicyclic) bond motifs is 5. The second-order valence-electron chi connectivity index (χ2n) is 5.64. The van der Waals surface area contributed by atoms with Crippen molar-refractivity contribution in [3.05, 3.63) is 65.2 Å². The molecule has 0 fully saturated rings. The van der Waals surface area contributed by atoms with Crippen LogP contribution < -0.4 is 0 Å². The number of benzene rings is 3. The van der Waals surface area contributed by atoms with Gasteiger partial charge in [-0.25, -0.2) is 0 Å². The lowest BCUT2D eigenvalue weighted by molar-refractivity contribution is 0.672. The maximum atomic E-state index is 6.15. The fourth-order valence-electron chi connectivity index (χ4n) is 3.18. The molecule has 5 rings (SSSR count). The Hall–Kier alpha value is -2.69. The minimum Gasteiger partial charge on any atom is -0.455 e. The van der Waals surface area contributed by atoms with Gasteiger partial charge in [0.25, 0.3) is 0 Å². The first-order valence-corrected chi connectivity index (χ1v) is 8.37. The van der Waals surface area contributed by atoms with Crippen LogP contribution in [0.3, 0.4) is 0 Å². The molecule has 2 aromatic heterocycles. The highest BCUT2D eigenvalue weighted by Crippen LogP contribution is 2.40. The molecule has 0 amide bonds. The highest BCUT2D eigenvalue weighted by atomic mass is 35.5. The van der Waals surface area contributed by atoms with Crippen LogP contribution in [0, 0.1) is 0 Å². The van der Waals surface area contributed by atoms with E-state index < -0.39 is 0 Å². The van der Waals surface area contributed by atoms with Crippen molar-refractivity contribution in [2.45, 2.75) is 0 Å². The van der Waals surface area contributed by atoms with Crippen molar-refractivity contribution in [1.29, 1.82) is 0 Å². The molecule has 0 saturated heterocycles. The Labute approximate surface area is 152 Å². The summed E-state index contributed by atoms with van der Waals surface area (Å²) in [6.45, 7) is 0. The van der Waals surface area contributed by atoms with Crippen LogP contribution in [0.1, 0.15) is 0 Å². The average molecular weight is 366 g/mol. The van der Waals surface area contributed by atoms with Gasteiger partial charge in [-0.05, 0) is 40.7 Å². The van der Waals surface area contributed by atoms with Crippen LogP contribution in [0.5, 0.6) is 0 Å². The molecule has 4 nitrogen and oxygen atoms in total. The van der Waals surface area contributed by atoms with Gasteiger partial charge in [-0.2, -0.15) is 15.0 Å². The number of rotatable bonds is 1. The Bertz CT molecular complexity index is 1260. The van der Waals surface area contributed by atoms with Gasteiger partial charge in [-0.1, -0.05) is 42.5 Å². The first-order chi connectivity index (χ1) is 12.2. The van der Waals surface area contributed by atoms with Crippen molar-refractivity contribution in [1.82, 2.24) is 15.0 Å². The van der Waals surface area contributed by atoms with Crippen molar-refractivity contribution >= 4 is 55.9 Å². The van der Waals surface area contributed by atoms with Gasteiger partial charge in [0.1, 0.15) is 11.2 Å². The van der Waals surface area contributed by atoms with Gasteiger partial charge < -0.3 is 4.42 Å². The van der Waals surface area contributed by atoms with Crippen molar-refractivity contribution in [3.8, 4) is 11.4 Å². The Morgan fingerprint density at radius 2 is 1.44 bits per heavy atom. The molecule has 0 unspecified atom stereocenters. The lowest BCUT2D eigenvalue weighted by atomic mass is 10.00. The summed E-state index contributed by atoms with van der Waals surface area (Å²) in [5.74, 6) is 0.423. The molecule has 6 heteroatoms. The smallest absolute Gasteiger partial charge is 0.227 e. The van der Waals surface area contributed by atoms with E-state index in [1.807, 2.05) is 54.6 Å². The number of furan rings is 1. The molecule has 0 N–H and O–H groups in total. The normalized spacial score (nSPS) is 11.6. The third kappa shape index (κ3) is 2.26. The minimum absolute atomic E-state index is 0.0594. The first-order valence-electron chi connectivity index (χ1n) is 7.61. The third-order valence-corrected chi connectivity index (χ3v) is 4.53. The molecule has 120 valence electrons. The molecular weight excluding hydrogens is 357 g/mol. The van der Waals surface area contributed by atoms with E-state index in [2.05, 4.69) is 15.0 Å². The molecule has 0 radical (unpaired) electrons. The number of hydrogen-bond donors (Lipinski definition) is 0. The predicted molar refractivity (Wildman–Crippen MR) is 100 cm³/mol. The summed E-state index contributed by atoms with van der Waals surface area (Å²) in [6, 6.07) is 18.0. The molecule has 0 aliphatic heterocycles. The van der Waals surface area contributed by atoms with Crippen LogP contribution in [-0.4, -0.2) is 15.0 Å². The van der Waals surface area contributed by atoms with Gasteiger partial charge >= 0.3 is 0 Å². The van der Waals surface area contributed by atoms with E-state index in [9.17, 15) is 0 Å². The van der Waals surface area contributed by atoms with Crippen LogP contribution in [0.15, 0.2) is 59.0 Å². The van der Waals surface area contributed by atoms with Gasteiger partial charge in [0, 0.05) is 21.7 Å². The van der Waals surface area contributed by atoms with E-state index >= 15 is 0 Å². The first kappa shape index (κ1) is 14.6. The van der Waals surface area contributed by atoms with Crippen LogP contribution in [0.4, 0.5) is 0 Å². The largest absolute Gasteiger partial charge is 0.455 e. The fraction of sp³-hybridized carbons (Fsp3) is 0. The molecule has 2 heterocycles. The molecule has 0 bridgehead atoms. The van der Waals surface area contributed by atoms with E-state index in [0.717, 1.165) is 38.3 Å². The monoisotopic (exact) mass is 365 g/mol. The zero-order valence-corrected chi connectivity index (χ0v) is 14.2. The predicted octanol–water partition coefficient (Wildman–Crippen LogP) is 5.90. The van der Waals surface area contributed by atoms with E-state index in [1.54, 1.807) is 0 Å². The van der Waals surface area contributed by atoms with Crippen LogP contribution in [-0.2, 0) is 0 Å². The van der Waals surface area contributed by atoms with Crippen molar-refractivity contribution < 1.29 is 4.42 Å². The summed E-state index contributed by atoms with van der Waals surface area (Å²) in [6.07, 6.45) is 0. The molecule has 0 aliphatic carbocycles. The van der Waals surface area contributed by atoms with Crippen molar-refractivity contribution in [2.24, 2.45) is 0 Å². The summed E-state index contributed by atoms with van der Waals surface area (Å²) in [5.41, 5.74) is 2.41. The van der Waals surface area contributed by atoms with Gasteiger partial charge in [-0.15, -0.1) is 0 Å². The highest BCUT2D eigenvalue weighted by Gasteiger charge is 2.18. The Kier molecular flexibility index (Phi) is 3.17. The quantitative estimate of drug-likeness (QED) is 0.371. The Morgan fingerprint density at radius 1 is 0.760 bits per heavy atom. The lowest BCUT2D eigenvalue weighted by Gasteiger charge is -2.06. The van der Waals surface area contributed by atoms with Gasteiger partial charge in [0.2, 0.25) is 10.6 Å². The van der Waals surface area contributed by atoms with E-state index in [4.69, 9.17) is 27.6 Å². The van der Waals surface area contributed by atoms with Crippen LogP contribution >= 0.6 is 23.2 Å². The number of halogens is 2. The van der Waals surface area contributed by atoms with Crippen LogP contribution in [0.25, 0.3) is 44.1 Å². The maximum Gasteiger partial charge on any atom is 0.227 e. The number of para-hydroxylation sites is 1. The van der Waals surface area contributed by atoms with Gasteiger partial charge in [-0.3, -0.25) is 0 Å². The summed E-state index contributed by atoms with van der Waals surface area (Å²) in [7, 11) is 0. The molecule has 0 atom stereocenters. The average Bonchev–Trinajstić information content (AvgIpc) is 3.00.